The van der Waals surface area contributed by atoms with Gasteiger partial charge in [0.05, 0.1) is 11.6 Å². The van der Waals surface area contributed by atoms with E-state index in [4.69, 9.17) is 14.7 Å². The van der Waals surface area contributed by atoms with Gasteiger partial charge in [0, 0.05) is 24.1 Å². The van der Waals surface area contributed by atoms with Crippen LogP contribution in [0.4, 0.5) is 0 Å². The maximum Gasteiger partial charge on any atom is 0.244 e. The number of ether oxygens (including phenoxy) is 2. The predicted octanol–water partition coefficient (Wildman–Crippen LogP) is 3.39. The Hall–Kier alpha value is -2.91. The Kier molecular flexibility index (Phi) is 6.78. The van der Waals surface area contributed by atoms with Crippen LogP contribution in [0.1, 0.15) is 16.7 Å². The number of carbonyl (C=O) groups excluding carboxylic acids is 1. The quantitative estimate of drug-likeness (QED) is 0.589. The van der Waals surface area contributed by atoms with Gasteiger partial charge in [-0.3, -0.25) is 4.79 Å². The Morgan fingerprint density at radius 2 is 2.00 bits per heavy atom. The molecule has 0 bridgehead atoms. The highest BCUT2D eigenvalue weighted by molar-refractivity contribution is 7.98. The second-order valence-corrected chi connectivity index (χ2v) is 6.95. The first-order chi connectivity index (χ1) is 13.3. The second-order valence-electron chi connectivity index (χ2n) is 5.85. The topological polar surface area (TPSA) is 71.4 Å². The number of nitriles is 1. The molecule has 0 saturated carbocycles. The number of hydrogen-bond donors (Lipinski definition) is 1. The third kappa shape index (κ3) is 5.53. The van der Waals surface area contributed by atoms with Crippen LogP contribution in [0.25, 0.3) is 6.08 Å². The molecule has 0 radical (unpaired) electrons. The summed E-state index contributed by atoms with van der Waals surface area (Å²) in [5.41, 5.74) is 2.61. The highest BCUT2D eigenvalue weighted by Crippen LogP contribution is 2.31. The van der Waals surface area contributed by atoms with E-state index in [9.17, 15) is 4.79 Å². The summed E-state index contributed by atoms with van der Waals surface area (Å²) in [5, 5.41) is 11.9. The van der Waals surface area contributed by atoms with Crippen LogP contribution in [0.15, 0.2) is 48.5 Å². The van der Waals surface area contributed by atoms with Crippen molar-refractivity contribution >= 4 is 23.7 Å². The molecular weight excluding hydrogens is 360 g/mol. The lowest BCUT2D eigenvalue weighted by Gasteiger charge is -2.18. The summed E-state index contributed by atoms with van der Waals surface area (Å²) in [6.45, 7) is 1.67. The Balaban J connectivity index is 1.39. The molecule has 2 aromatic rings. The Morgan fingerprint density at radius 3 is 2.85 bits per heavy atom. The Morgan fingerprint density at radius 1 is 1.19 bits per heavy atom. The summed E-state index contributed by atoms with van der Waals surface area (Å²) in [7, 11) is 0. The second kappa shape index (κ2) is 9.70. The number of fused-ring (bicyclic) bond motifs is 1. The molecule has 1 aliphatic heterocycles. The minimum Gasteiger partial charge on any atom is -0.486 e. The van der Waals surface area contributed by atoms with Gasteiger partial charge in [-0.1, -0.05) is 24.3 Å². The van der Waals surface area contributed by atoms with Gasteiger partial charge >= 0.3 is 0 Å². The van der Waals surface area contributed by atoms with Gasteiger partial charge in [0.2, 0.25) is 5.91 Å². The van der Waals surface area contributed by atoms with Crippen molar-refractivity contribution in [1.29, 1.82) is 5.26 Å². The summed E-state index contributed by atoms with van der Waals surface area (Å²) in [6.07, 6.45) is 3.27. The maximum atomic E-state index is 11.9. The van der Waals surface area contributed by atoms with E-state index in [0.717, 1.165) is 28.4 Å². The molecule has 1 N–H and O–H groups in total. The Bertz CT molecular complexity index is 874. The summed E-state index contributed by atoms with van der Waals surface area (Å²) in [4.78, 5) is 11.9. The van der Waals surface area contributed by atoms with Crippen molar-refractivity contribution in [2.24, 2.45) is 0 Å². The average molecular weight is 380 g/mol. The number of nitrogens with one attached hydrogen (secondary N) is 1. The first-order valence-corrected chi connectivity index (χ1v) is 9.83. The van der Waals surface area contributed by atoms with Crippen molar-refractivity contribution in [3.63, 3.8) is 0 Å². The van der Waals surface area contributed by atoms with E-state index in [1.165, 1.54) is 6.08 Å². The first-order valence-electron chi connectivity index (χ1n) is 8.67. The van der Waals surface area contributed by atoms with Crippen LogP contribution < -0.4 is 14.8 Å². The van der Waals surface area contributed by atoms with Crippen LogP contribution in [-0.4, -0.2) is 31.4 Å². The van der Waals surface area contributed by atoms with Crippen LogP contribution >= 0.6 is 11.8 Å². The molecule has 0 unspecified atom stereocenters. The lowest BCUT2D eigenvalue weighted by atomic mass is 10.1. The van der Waals surface area contributed by atoms with E-state index in [2.05, 4.69) is 11.4 Å². The van der Waals surface area contributed by atoms with Crippen molar-refractivity contribution in [2.75, 3.05) is 25.5 Å². The van der Waals surface area contributed by atoms with E-state index in [-0.39, 0.29) is 5.91 Å². The number of carbonyl (C=O) groups is 1. The van der Waals surface area contributed by atoms with E-state index in [0.29, 0.717) is 31.1 Å². The molecule has 1 heterocycles. The van der Waals surface area contributed by atoms with Gasteiger partial charge in [-0.2, -0.15) is 17.0 Å². The lowest BCUT2D eigenvalue weighted by molar-refractivity contribution is -0.116. The van der Waals surface area contributed by atoms with Gasteiger partial charge in [0.25, 0.3) is 0 Å². The zero-order chi connectivity index (χ0) is 18.9. The van der Waals surface area contributed by atoms with Crippen LogP contribution in [0.2, 0.25) is 0 Å². The highest BCUT2D eigenvalue weighted by atomic mass is 32.2. The molecule has 138 valence electrons. The van der Waals surface area contributed by atoms with Gasteiger partial charge in [-0.25, -0.2) is 0 Å². The summed E-state index contributed by atoms with van der Waals surface area (Å²) < 4.78 is 11.0. The molecule has 0 saturated heterocycles. The molecule has 0 spiro atoms. The fraction of sp³-hybridized carbons (Fsp3) is 0.238. The minimum atomic E-state index is -0.136. The van der Waals surface area contributed by atoms with Gasteiger partial charge in [-0.15, -0.1) is 0 Å². The van der Waals surface area contributed by atoms with E-state index in [1.807, 2.05) is 42.5 Å². The van der Waals surface area contributed by atoms with Crippen molar-refractivity contribution < 1.29 is 14.3 Å². The van der Waals surface area contributed by atoms with Crippen LogP contribution in [0, 0.1) is 11.3 Å². The standard InChI is InChI=1S/C21H20N2O3S/c22-14-17-3-1-2-4-18(17)15-27-12-9-23-21(24)8-6-16-5-7-19-20(13-16)26-11-10-25-19/h1-8,13H,9-12,15H2,(H,23,24)/b8-6+. The van der Waals surface area contributed by atoms with Crippen LogP contribution in [-0.2, 0) is 10.5 Å². The molecule has 1 aliphatic rings. The molecule has 1 amide bonds. The van der Waals surface area contributed by atoms with E-state index in [1.54, 1.807) is 17.8 Å². The smallest absolute Gasteiger partial charge is 0.244 e. The fourth-order valence-electron chi connectivity index (χ4n) is 2.58. The highest BCUT2D eigenvalue weighted by Gasteiger charge is 2.10. The van der Waals surface area contributed by atoms with Crippen LogP contribution in [0.3, 0.4) is 0 Å². The predicted molar refractivity (Wildman–Crippen MR) is 107 cm³/mol. The van der Waals surface area contributed by atoms with Gasteiger partial charge in [0.1, 0.15) is 13.2 Å². The number of rotatable bonds is 7. The molecule has 5 nitrogen and oxygen atoms in total. The SMILES string of the molecule is N#Cc1ccccc1CSCCNC(=O)/C=C/c1ccc2c(c1)OCCO2. The molecule has 2 aromatic carbocycles. The van der Waals surface area contributed by atoms with Crippen molar-refractivity contribution in [1.82, 2.24) is 5.32 Å². The lowest BCUT2D eigenvalue weighted by Crippen LogP contribution is -2.23. The normalized spacial score (nSPS) is 12.6. The number of hydrogen-bond acceptors (Lipinski definition) is 5. The Labute approximate surface area is 163 Å². The fourth-order valence-corrected chi connectivity index (χ4v) is 3.44. The van der Waals surface area contributed by atoms with Crippen molar-refractivity contribution in [2.45, 2.75) is 5.75 Å². The largest absolute Gasteiger partial charge is 0.486 e. The molecule has 0 atom stereocenters. The van der Waals surface area contributed by atoms with Crippen LogP contribution in [0.5, 0.6) is 11.5 Å². The molecule has 0 aromatic heterocycles. The number of thioether (sulfide) groups is 1. The zero-order valence-corrected chi connectivity index (χ0v) is 15.6. The van der Waals surface area contributed by atoms with Gasteiger partial charge in [-0.05, 0) is 35.4 Å². The summed E-state index contributed by atoms with van der Waals surface area (Å²) >= 11 is 1.69. The van der Waals surface area contributed by atoms with Gasteiger partial charge < -0.3 is 14.8 Å². The molecule has 0 aliphatic carbocycles. The first kappa shape index (κ1) is 18.9. The molecule has 0 fully saturated rings. The summed E-state index contributed by atoms with van der Waals surface area (Å²) in [6, 6.07) is 15.4. The van der Waals surface area contributed by atoms with E-state index >= 15 is 0 Å². The summed E-state index contributed by atoms with van der Waals surface area (Å²) in [5.74, 6) is 2.84. The third-order valence-corrected chi connectivity index (χ3v) is 4.94. The number of benzene rings is 2. The van der Waals surface area contributed by atoms with Crippen molar-refractivity contribution in [3.05, 3.63) is 65.2 Å². The third-order valence-electron chi connectivity index (χ3n) is 3.93. The monoisotopic (exact) mass is 380 g/mol. The minimum absolute atomic E-state index is 0.136. The number of nitrogens with zero attached hydrogens (tertiary/aromatic N) is 1. The number of amides is 1. The molecule has 6 heteroatoms. The molecule has 3 rings (SSSR count). The van der Waals surface area contributed by atoms with Crippen molar-refractivity contribution in [3.8, 4) is 17.6 Å². The average Bonchev–Trinajstić information content (AvgIpc) is 2.72. The van der Waals surface area contributed by atoms with E-state index < -0.39 is 0 Å². The van der Waals surface area contributed by atoms with Gasteiger partial charge in [0.15, 0.2) is 11.5 Å². The molecular formula is C21H20N2O3S. The maximum absolute atomic E-state index is 11.9. The molecule has 27 heavy (non-hydrogen) atoms. The zero-order valence-electron chi connectivity index (χ0n) is 14.8.